The van der Waals surface area contributed by atoms with E-state index >= 15 is 0 Å². The minimum Gasteiger partial charge on any atom is -0.508 e. The minimum atomic E-state index is 0.340. The van der Waals surface area contributed by atoms with Crippen LogP contribution in [0.5, 0.6) is 5.75 Å². The second-order valence-corrected chi connectivity index (χ2v) is 2.02. The molecule has 0 fully saturated rings. The molecule has 0 atom stereocenters. The van der Waals surface area contributed by atoms with E-state index in [4.69, 9.17) is 5.11 Å². The van der Waals surface area contributed by atoms with Crippen molar-refractivity contribution in [1.82, 2.24) is 0 Å². The lowest BCUT2D eigenvalue weighted by Gasteiger charge is -1.93. The van der Waals surface area contributed by atoms with Gasteiger partial charge >= 0.3 is 0 Å². The van der Waals surface area contributed by atoms with Crippen LogP contribution in [0.25, 0.3) is 0 Å². The van der Waals surface area contributed by atoms with Crippen LogP contribution in [0.15, 0.2) is 24.3 Å². The van der Waals surface area contributed by atoms with Gasteiger partial charge in [-0.05, 0) is 31.2 Å². The predicted molar refractivity (Wildman–Crippen MR) is 47.6 cm³/mol. The normalized spacial score (nSPS) is 8.27. The Balaban J connectivity index is 0.000000461. The van der Waals surface area contributed by atoms with Crippen LogP contribution in [0.4, 0.5) is 0 Å². The molecular formula is C9H15NO. The summed E-state index contributed by atoms with van der Waals surface area (Å²) >= 11 is 0. The van der Waals surface area contributed by atoms with Crippen LogP contribution in [0.1, 0.15) is 12.5 Å². The molecule has 3 N–H and O–H groups in total. The molecular weight excluding hydrogens is 138 g/mol. The molecule has 0 radical (unpaired) electrons. The van der Waals surface area contributed by atoms with Crippen molar-refractivity contribution in [2.24, 2.45) is 5.73 Å². The van der Waals surface area contributed by atoms with Gasteiger partial charge in [0.25, 0.3) is 0 Å². The van der Waals surface area contributed by atoms with E-state index in [2.05, 4.69) is 12.7 Å². The predicted octanol–water partition coefficient (Wildman–Crippen LogP) is 1.53. The molecule has 0 amide bonds. The van der Waals surface area contributed by atoms with Crippen molar-refractivity contribution in [3.8, 4) is 5.75 Å². The van der Waals surface area contributed by atoms with Crippen LogP contribution in [0, 0.1) is 0 Å². The van der Waals surface area contributed by atoms with Crippen molar-refractivity contribution in [1.29, 1.82) is 0 Å². The van der Waals surface area contributed by atoms with E-state index < -0.39 is 0 Å². The third kappa shape index (κ3) is 3.63. The van der Waals surface area contributed by atoms with E-state index in [9.17, 15) is 0 Å². The summed E-state index contributed by atoms with van der Waals surface area (Å²) in [6.45, 7) is 2.09. The molecule has 0 aromatic heterocycles. The van der Waals surface area contributed by atoms with Gasteiger partial charge in [-0.25, -0.2) is 0 Å². The summed E-state index contributed by atoms with van der Waals surface area (Å²) in [5.41, 5.74) is 5.76. The molecule has 0 unspecified atom stereocenters. The molecule has 62 valence electrons. The van der Waals surface area contributed by atoms with Crippen molar-refractivity contribution < 1.29 is 5.11 Å². The fraction of sp³-hybridized carbons (Fsp3) is 0.333. The smallest absolute Gasteiger partial charge is 0.115 e. The molecule has 0 saturated heterocycles. The second-order valence-electron chi connectivity index (χ2n) is 2.02. The van der Waals surface area contributed by atoms with E-state index in [-0.39, 0.29) is 0 Å². The monoisotopic (exact) mass is 153 g/mol. The highest BCUT2D eigenvalue weighted by molar-refractivity contribution is 5.25. The summed E-state index contributed by atoms with van der Waals surface area (Å²) in [5.74, 6) is 0.340. The largest absolute Gasteiger partial charge is 0.508 e. The van der Waals surface area contributed by atoms with Crippen LogP contribution in [0.2, 0.25) is 0 Å². The van der Waals surface area contributed by atoms with Gasteiger partial charge in [0, 0.05) is 0 Å². The summed E-state index contributed by atoms with van der Waals surface area (Å²) in [6.07, 6.45) is 1.03. The van der Waals surface area contributed by atoms with Crippen molar-refractivity contribution >= 4 is 0 Å². The van der Waals surface area contributed by atoms with Gasteiger partial charge in [0.1, 0.15) is 5.75 Å². The first-order valence-electron chi connectivity index (χ1n) is 3.68. The number of aromatic hydroxyl groups is 1. The van der Waals surface area contributed by atoms with Gasteiger partial charge in [0.05, 0.1) is 0 Å². The van der Waals surface area contributed by atoms with E-state index in [0.29, 0.717) is 5.75 Å². The van der Waals surface area contributed by atoms with Crippen molar-refractivity contribution in [2.75, 3.05) is 7.05 Å². The second kappa shape index (κ2) is 5.74. The molecule has 0 aliphatic heterocycles. The maximum atomic E-state index is 8.85. The highest BCUT2D eigenvalue weighted by Crippen LogP contribution is 2.09. The number of phenolic OH excluding ortho intramolecular Hbond substituents is 1. The fourth-order valence-electron chi connectivity index (χ4n) is 0.732. The molecule has 0 saturated carbocycles. The van der Waals surface area contributed by atoms with Crippen LogP contribution >= 0.6 is 0 Å². The highest BCUT2D eigenvalue weighted by atomic mass is 16.3. The van der Waals surface area contributed by atoms with Crippen molar-refractivity contribution in [2.45, 2.75) is 13.3 Å². The molecule has 1 rings (SSSR count). The molecule has 2 nitrogen and oxygen atoms in total. The zero-order valence-electron chi connectivity index (χ0n) is 7.04. The lowest BCUT2D eigenvalue weighted by molar-refractivity contribution is 0.475. The van der Waals surface area contributed by atoms with Crippen molar-refractivity contribution in [3.05, 3.63) is 29.8 Å². The molecule has 0 aliphatic rings. The molecule has 0 heterocycles. The van der Waals surface area contributed by atoms with E-state index in [1.807, 2.05) is 12.1 Å². The van der Waals surface area contributed by atoms with Crippen LogP contribution in [0.3, 0.4) is 0 Å². The molecule has 1 aromatic rings. The maximum absolute atomic E-state index is 8.85. The number of aryl methyl sites for hydroxylation is 1. The minimum absolute atomic E-state index is 0.340. The van der Waals surface area contributed by atoms with Gasteiger partial charge in [0.2, 0.25) is 0 Å². The van der Waals surface area contributed by atoms with Crippen LogP contribution in [-0.2, 0) is 6.42 Å². The Morgan fingerprint density at radius 1 is 1.18 bits per heavy atom. The lowest BCUT2D eigenvalue weighted by atomic mass is 10.2. The Hall–Kier alpha value is -1.02. The highest BCUT2D eigenvalue weighted by Gasteiger charge is 1.86. The first-order valence-corrected chi connectivity index (χ1v) is 3.68. The summed E-state index contributed by atoms with van der Waals surface area (Å²) < 4.78 is 0. The molecule has 1 aromatic carbocycles. The maximum Gasteiger partial charge on any atom is 0.115 e. The molecule has 0 spiro atoms. The van der Waals surface area contributed by atoms with E-state index in [1.165, 1.54) is 12.6 Å². The number of phenols is 1. The third-order valence-corrected chi connectivity index (χ3v) is 1.34. The zero-order chi connectivity index (χ0) is 8.69. The quantitative estimate of drug-likeness (QED) is 0.642. The lowest BCUT2D eigenvalue weighted by Crippen LogP contribution is -1.75. The summed E-state index contributed by atoms with van der Waals surface area (Å²) in [6, 6.07) is 7.27. The Morgan fingerprint density at radius 2 is 1.64 bits per heavy atom. The van der Waals surface area contributed by atoms with Gasteiger partial charge in [-0.1, -0.05) is 19.1 Å². The number of hydrogen-bond acceptors (Lipinski definition) is 2. The van der Waals surface area contributed by atoms with Crippen LogP contribution in [-0.4, -0.2) is 12.2 Å². The fourth-order valence-corrected chi connectivity index (χ4v) is 0.732. The average Bonchev–Trinajstić information content (AvgIpc) is 2.10. The number of rotatable bonds is 1. The topological polar surface area (TPSA) is 46.2 Å². The zero-order valence-corrected chi connectivity index (χ0v) is 7.04. The summed E-state index contributed by atoms with van der Waals surface area (Å²) in [5, 5.41) is 8.85. The van der Waals surface area contributed by atoms with Gasteiger partial charge in [-0.15, -0.1) is 0 Å². The molecule has 11 heavy (non-hydrogen) atoms. The number of benzene rings is 1. The van der Waals surface area contributed by atoms with Crippen molar-refractivity contribution in [3.63, 3.8) is 0 Å². The van der Waals surface area contributed by atoms with E-state index in [1.54, 1.807) is 12.1 Å². The molecule has 2 heteroatoms. The first-order chi connectivity index (χ1) is 5.33. The first kappa shape index (κ1) is 9.98. The van der Waals surface area contributed by atoms with Gasteiger partial charge in [-0.3, -0.25) is 0 Å². The van der Waals surface area contributed by atoms with Gasteiger partial charge < -0.3 is 10.8 Å². The van der Waals surface area contributed by atoms with E-state index in [0.717, 1.165) is 6.42 Å². The Morgan fingerprint density at radius 3 is 2.00 bits per heavy atom. The Labute approximate surface area is 67.7 Å². The Kier molecular flexibility index (Phi) is 5.21. The average molecular weight is 153 g/mol. The van der Waals surface area contributed by atoms with Crippen LogP contribution < -0.4 is 5.73 Å². The van der Waals surface area contributed by atoms with Gasteiger partial charge in [0.15, 0.2) is 0 Å². The summed E-state index contributed by atoms with van der Waals surface area (Å²) in [7, 11) is 1.50. The standard InChI is InChI=1S/C8H10O.CH5N/c1-2-7-3-5-8(9)6-4-7;1-2/h3-6,9H,2H2,1H3;2H2,1H3. The third-order valence-electron chi connectivity index (χ3n) is 1.34. The number of nitrogens with two attached hydrogens (primary N) is 1. The SMILES string of the molecule is CCc1ccc(O)cc1.CN. The number of hydrogen-bond donors (Lipinski definition) is 2. The summed E-state index contributed by atoms with van der Waals surface area (Å²) in [4.78, 5) is 0. The molecule has 0 bridgehead atoms. The Bertz CT molecular complexity index is 181. The van der Waals surface area contributed by atoms with Gasteiger partial charge in [-0.2, -0.15) is 0 Å². The molecule has 0 aliphatic carbocycles.